The lowest BCUT2D eigenvalue weighted by atomic mass is 9.98. The Bertz CT molecular complexity index is 339. The number of hydrogen-bond donors (Lipinski definition) is 7. The molecular formula is C11H20O10. The molecule has 0 spiro atoms. The summed E-state index contributed by atoms with van der Waals surface area (Å²) in [4.78, 5) is 0. The largest absolute Gasteiger partial charge is 0.394 e. The van der Waals surface area contributed by atoms with E-state index in [0.29, 0.717) is 0 Å². The minimum absolute atomic E-state index is 0.305. The van der Waals surface area contributed by atoms with E-state index in [2.05, 4.69) is 4.74 Å². The molecule has 0 aliphatic carbocycles. The van der Waals surface area contributed by atoms with E-state index in [1.54, 1.807) is 0 Å². The van der Waals surface area contributed by atoms with Gasteiger partial charge in [0.2, 0.25) is 0 Å². The summed E-state index contributed by atoms with van der Waals surface area (Å²) < 4.78 is 15.0. The summed E-state index contributed by atoms with van der Waals surface area (Å²) in [5.41, 5.74) is 0. The zero-order valence-corrected chi connectivity index (χ0v) is 11.0. The molecule has 0 aromatic rings. The summed E-state index contributed by atoms with van der Waals surface area (Å²) in [5, 5.41) is 66.8. The van der Waals surface area contributed by atoms with E-state index in [9.17, 15) is 30.6 Å². The van der Waals surface area contributed by atoms with Gasteiger partial charge in [0, 0.05) is 0 Å². The van der Waals surface area contributed by atoms with E-state index in [1.165, 1.54) is 0 Å². The molecule has 0 aromatic carbocycles. The van der Waals surface area contributed by atoms with Crippen LogP contribution < -0.4 is 0 Å². The van der Waals surface area contributed by atoms with Crippen LogP contribution in [0.15, 0.2) is 0 Å². The highest BCUT2D eigenvalue weighted by Crippen LogP contribution is 2.26. The molecule has 10 heteroatoms. The molecule has 2 heterocycles. The Hall–Kier alpha value is -0.400. The van der Waals surface area contributed by atoms with E-state index in [1.807, 2.05) is 0 Å². The minimum Gasteiger partial charge on any atom is -0.394 e. The van der Waals surface area contributed by atoms with Crippen molar-refractivity contribution in [3.05, 3.63) is 0 Å². The number of aliphatic hydroxyl groups is 7. The second-order valence-corrected chi connectivity index (χ2v) is 5.08. The highest BCUT2D eigenvalue weighted by Gasteiger charge is 2.48. The van der Waals surface area contributed by atoms with Crippen LogP contribution >= 0.6 is 0 Å². The fraction of sp³-hybridized carbons (Fsp3) is 1.00. The van der Waals surface area contributed by atoms with Gasteiger partial charge in [0.05, 0.1) is 13.2 Å². The molecule has 2 aliphatic rings. The average molecular weight is 312 g/mol. The van der Waals surface area contributed by atoms with Crippen molar-refractivity contribution in [3.63, 3.8) is 0 Å². The van der Waals surface area contributed by atoms with Crippen LogP contribution in [0, 0.1) is 0 Å². The molecule has 21 heavy (non-hydrogen) atoms. The van der Waals surface area contributed by atoms with Crippen molar-refractivity contribution in [2.45, 2.75) is 55.3 Å². The highest BCUT2D eigenvalue weighted by molar-refractivity contribution is 4.91. The van der Waals surface area contributed by atoms with Gasteiger partial charge in [-0.05, 0) is 0 Å². The molecule has 0 saturated carbocycles. The van der Waals surface area contributed by atoms with Crippen LogP contribution in [-0.4, -0.2) is 104 Å². The van der Waals surface area contributed by atoms with E-state index >= 15 is 0 Å². The first kappa shape index (κ1) is 17.0. The SMILES string of the molecule is OC[C@H]1O[C@@H](O[C@H]2[C@H](O)[C@@H](O)OC[C@H]2O)[C@H](O)[C@@H](O)[C@H]1O. The maximum atomic E-state index is 9.79. The molecular weight excluding hydrogens is 292 g/mol. The van der Waals surface area contributed by atoms with Crippen molar-refractivity contribution in [1.82, 2.24) is 0 Å². The molecule has 9 atom stereocenters. The van der Waals surface area contributed by atoms with Gasteiger partial charge in [-0.3, -0.25) is 0 Å². The topological polar surface area (TPSA) is 169 Å². The predicted octanol–water partition coefficient (Wildman–Crippen LogP) is -4.76. The lowest BCUT2D eigenvalue weighted by Gasteiger charge is -2.43. The fourth-order valence-electron chi connectivity index (χ4n) is 2.29. The van der Waals surface area contributed by atoms with Crippen molar-refractivity contribution in [3.8, 4) is 0 Å². The Kier molecular flexibility index (Phi) is 5.48. The molecule has 7 N–H and O–H groups in total. The van der Waals surface area contributed by atoms with E-state index in [4.69, 9.17) is 14.6 Å². The lowest BCUT2D eigenvalue weighted by molar-refractivity contribution is -0.345. The van der Waals surface area contributed by atoms with Crippen molar-refractivity contribution >= 4 is 0 Å². The average Bonchev–Trinajstić information content (AvgIpc) is 2.47. The quantitative estimate of drug-likeness (QED) is 0.268. The number of aliphatic hydroxyl groups excluding tert-OH is 7. The Balaban J connectivity index is 2.06. The van der Waals surface area contributed by atoms with Gasteiger partial charge in [-0.15, -0.1) is 0 Å². The number of rotatable bonds is 3. The molecule has 2 rings (SSSR count). The van der Waals surface area contributed by atoms with Gasteiger partial charge >= 0.3 is 0 Å². The van der Waals surface area contributed by atoms with Gasteiger partial charge in [0.15, 0.2) is 12.6 Å². The van der Waals surface area contributed by atoms with Gasteiger partial charge in [0.1, 0.15) is 42.7 Å². The standard InChI is InChI=1S/C11H20O10/c12-1-4-5(14)6(15)7(16)11(20-4)21-9-3(13)2-19-10(18)8(9)17/h3-18H,1-2H2/t3-,4-,5+,6+,7-,8+,9-,10+,11+/m1/s1. The minimum atomic E-state index is -1.66. The van der Waals surface area contributed by atoms with Crippen molar-refractivity contribution in [2.75, 3.05) is 13.2 Å². The first-order valence-corrected chi connectivity index (χ1v) is 6.48. The van der Waals surface area contributed by atoms with Crippen LogP contribution in [0.1, 0.15) is 0 Å². The van der Waals surface area contributed by atoms with Gasteiger partial charge in [0.25, 0.3) is 0 Å². The van der Waals surface area contributed by atoms with Crippen LogP contribution in [0.2, 0.25) is 0 Å². The molecule has 0 aromatic heterocycles. The van der Waals surface area contributed by atoms with E-state index in [0.717, 1.165) is 0 Å². The third-order valence-corrected chi connectivity index (χ3v) is 3.59. The smallest absolute Gasteiger partial charge is 0.187 e. The maximum Gasteiger partial charge on any atom is 0.187 e. The summed E-state index contributed by atoms with van der Waals surface area (Å²) in [6, 6.07) is 0. The van der Waals surface area contributed by atoms with Gasteiger partial charge in [-0.1, -0.05) is 0 Å². The molecule has 0 radical (unpaired) electrons. The monoisotopic (exact) mass is 312 g/mol. The van der Waals surface area contributed by atoms with E-state index < -0.39 is 61.9 Å². The van der Waals surface area contributed by atoms with Crippen LogP contribution in [0.5, 0.6) is 0 Å². The van der Waals surface area contributed by atoms with Crippen molar-refractivity contribution < 1.29 is 50.0 Å². The van der Waals surface area contributed by atoms with Crippen molar-refractivity contribution in [2.24, 2.45) is 0 Å². The zero-order chi connectivity index (χ0) is 15.7. The van der Waals surface area contributed by atoms with Crippen LogP contribution in [-0.2, 0) is 14.2 Å². The number of hydrogen-bond acceptors (Lipinski definition) is 10. The summed E-state index contributed by atoms with van der Waals surface area (Å²) >= 11 is 0. The molecule has 2 saturated heterocycles. The summed E-state index contributed by atoms with van der Waals surface area (Å²) in [6.45, 7) is -0.938. The molecule has 10 nitrogen and oxygen atoms in total. The summed E-state index contributed by atoms with van der Waals surface area (Å²) in [7, 11) is 0. The van der Waals surface area contributed by atoms with Crippen LogP contribution in [0.4, 0.5) is 0 Å². The maximum absolute atomic E-state index is 9.79. The molecule has 2 fully saturated rings. The Labute approximate surface area is 119 Å². The van der Waals surface area contributed by atoms with Crippen LogP contribution in [0.3, 0.4) is 0 Å². The summed E-state index contributed by atoms with van der Waals surface area (Å²) in [6.07, 6.45) is -13.3. The number of ether oxygens (including phenoxy) is 3. The first-order valence-electron chi connectivity index (χ1n) is 6.48. The fourth-order valence-corrected chi connectivity index (χ4v) is 2.29. The molecule has 124 valence electrons. The highest BCUT2D eigenvalue weighted by atomic mass is 16.7. The molecule has 0 amide bonds. The van der Waals surface area contributed by atoms with Crippen molar-refractivity contribution in [1.29, 1.82) is 0 Å². The second-order valence-electron chi connectivity index (χ2n) is 5.08. The molecule has 2 aliphatic heterocycles. The second kappa shape index (κ2) is 6.79. The molecule has 0 unspecified atom stereocenters. The Morgan fingerprint density at radius 3 is 2.19 bits per heavy atom. The third-order valence-electron chi connectivity index (χ3n) is 3.59. The van der Waals surface area contributed by atoms with Crippen LogP contribution in [0.25, 0.3) is 0 Å². The van der Waals surface area contributed by atoms with Gasteiger partial charge < -0.3 is 50.0 Å². The summed E-state index contributed by atoms with van der Waals surface area (Å²) in [5.74, 6) is 0. The predicted molar refractivity (Wildman–Crippen MR) is 62.6 cm³/mol. The van der Waals surface area contributed by atoms with E-state index in [-0.39, 0.29) is 6.61 Å². The zero-order valence-electron chi connectivity index (χ0n) is 11.0. The Morgan fingerprint density at radius 1 is 0.905 bits per heavy atom. The molecule has 0 bridgehead atoms. The van der Waals surface area contributed by atoms with Gasteiger partial charge in [-0.2, -0.15) is 0 Å². The lowest BCUT2D eigenvalue weighted by Crippen LogP contribution is -2.62. The third kappa shape index (κ3) is 3.35. The first-order chi connectivity index (χ1) is 9.86. The van der Waals surface area contributed by atoms with Gasteiger partial charge in [-0.25, -0.2) is 0 Å². The Morgan fingerprint density at radius 2 is 1.57 bits per heavy atom. The normalized spacial score (nSPS) is 51.9.